The fourth-order valence-electron chi connectivity index (χ4n) is 2.62. The van der Waals surface area contributed by atoms with Crippen LogP contribution in [0.2, 0.25) is 0 Å². The van der Waals surface area contributed by atoms with Crippen molar-refractivity contribution in [3.63, 3.8) is 0 Å². The highest BCUT2D eigenvalue weighted by molar-refractivity contribution is 5.32. The molecule has 0 heterocycles. The van der Waals surface area contributed by atoms with E-state index in [-0.39, 0.29) is 0 Å². The summed E-state index contributed by atoms with van der Waals surface area (Å²) in [4.78, 5) is 0. The van der Waals surface area contributed by atoms with E-state index in [1.54, 1.807) is 0 Å². The summed E-state index contributed by atoms with van der Waals surface area (Å²) in [7, 11) is 0. The Balaban J connectivity index is 1.81. The van der Waals surface area contributed by atoms with E-state index < -0.39 is 0 Å². The van der Waals surface area contributed by atoms with Crippen molar-refractivity contribution in [3.05, 3.63) is 24.3 Å². The predicted octanol–water partition coefficient (Wildman–Crippen LogP) is 4.82. The Morgan fingerprint density at radius 1 is 1.00 bits per heavy atom. The van der Waals surface area contributed by atoms with Crippen molar-refractivity contribution in [2.75, 3.05) is 13.2 Å². The van der Waals surface area contributed by atoms with Crippen molar-refractivity contribution in [3.8, 4) is 11.5 Å². The topological polar surface area (TPSA) is 18.5 Å². The highest BCUT2D eigenvalue weighted by Gasteiger charge is 2.12. The Morgan fingerprint density at radius 2 is 1.68 bits per heavy atom. The summed E-state index contributed by atoms with van der Waals surface area (Å²) in [5.41, 5.74) is 0. The van der Waals surface area contributed by atoms with E-state index in [1.165, 1.54) is 38.5 Å². The highest BCUT2D eigenvalue weighted by atomic mass is 16.5. The van der Waals surface area contributed by atoms with Gasteiger partial charge in [0.25, 0.3) is 0 Å². The van der Waals surface area contributed by atoms with Crippen LogP contribution in [0.5, 0.6) is 11.5 Å². The van der Waals surface area contributed by atoms with Gasteiger partial charge in [0.05, 0.1) is 13.2 Å². The predicted molar refractivity (Wildman–Crippen MR) is 78.9 cm³/mol. The maximum absolute atomic E-state index is 5.94. The summed E-state index contributed by atoms with van der Waals surface area (Å²) in [5.74, 6) is 2.60. The first-order chi connectivity index (χ1) is 9.38. The van der Waals surface area contributed by atoms with E-state index in [2.05, 4.69) is 6.92 Å². The van der Waals surface area contributed by atoms with Gasteiger partial charge in [-0.05, 0) is 37.3 Å². The van der Waals surface area contributed by atoms with Crippen molar-refractivity contribution in [1.29, 1.82) is 0 Å². The lowest BCUT2D eigenvalue weighted by Gasteiger charge is -2.15. The van der Waals surface area contributed by atoms with Crippen molar-refractivity contribution in [1.82, 2.24) is 0 Å². The monoisotopic (exact) mass is 262 g/mol. The van der Waals surface area contributed by atoms with Crippen LogP contribution >= 0.6 is 0 Å². The molecule has 1 aromatic carbocycles. The van der Waals surface area contributed by atoms with Crippen molar-refractivity contribution < 1.29 is 9.47 Å². The van der Waals surface area contributed by atoms with E-state index in [4.69, 9.17) is 9.47 Å². The molecule has 1 saturated carbocycles. The van der Waals surface area contributed by atoms with Crippen LogP contribution in [0.4, 0.5) is 0 Å². The van der Waals surface area contributed by atoms with Gasteiger partial charge in [0.1, 0.15) is 11.5 Å². The van der Waals surface area contributed by atoms with Crippen molar-refractivity contribution >= 4 is 0 Å². The molecule has 1 aromatic rings. The molecule has 0 aliphatic heterocycles. The molecule has 0 spiro atoms. The third kappa shape index (κ3) is 5.14. The average molecular weight is 262 g/mol. The molecule has 0 radical (unpaired) electrons. The summed E-state index contributed by atoms with van der Waals surface area (Å²) in [6, 6.07) is 8.03. The van der Waals surface area contributed by atoms with Gasteiger partial charge in [0, 0.05) is 6.07 Å². The zero-order chi connectivity index (χ0) is 13.3. The first-order valence-electron chi connectivity index (χ1n) is 7.74. The van der Waals surface area contributed by atoms with E-state index in [0.717, 1.165) is 37.1 Å². The standard InChI is InChI=1S/C17H26O2/c1-2-12-18-16-10-7-11-17(13-16)19-14-15-8-5-3-4-6-9-15/h7,10-11,13,15H,2-6,8-9,12,14H2,1H3. The van der Waals surface area contributed by atoms with E-state index >= 15 is 0 Å². The van der Waals surface area contributed by atoms with Gasteiger partial charge in [-0.15, -0.1) is 0 Å². The second kappa shape index (κ2) is 8.08. The molecule has 19 heavy (non-hydrogen) atoms. The van der Waals surface area contributed by atoms with E-state index in [0.29, 0.717) is 0 Å². The fourth-order valence-corrected chi connectivity index (χ4v) is 2.62. The molecule has 2 rings (SSSR count). The molecule has 0 atom stereocenters. The van der Waals surface area contributed by atoms with Gasteiger partial charge >= 0.3 is 0 Å². The molecule has 1 aliphatic carbocycles. The molecule has 0 N–H and O–H groups in total. The third-order valence-electron chi connectivity index (χ3n) is 3.74. The van der Waals surface area contributed by atoms with Gasteiger partial charge in [-0.3, -0.25) is 0 Å². The SMILES string of the molecule is CCCOc1cccc(OCC2CCCCCC2)c1. The molecule has 0 amide bonds. The van der Waals surface area contributed by atoms with Crippen LogP contribution in [0, 0.1) is 5.92 Å². The zero-order valence-corrected chi connectivity index (χ0v) is 12.1. The summed E-state index contributed by atoms with van der Waals surface area (Å²) < 4.78 is 11.6. The van der Waals surface area contributed by atoms with Crippen LogP contribution in [-0.4, -0.2) is 13.2 Å². The Bertz CT molecular complexity index is 354. The highest BCUT2D eigenvalue weighted by Crippen LogP contribution is 2.25. The average Bonchev–Trinajstić information content (AvgIpc) is 2.72. The molecular weight excluding hydrogens is 236 g/mol. The Labute approximate surface area is 117 Å². The fraction of sp³-hybridized carbons (Fsp3) is 0.647. The number of hydrogen-bond acceptors (Lipinski definition) is 2. The Kier molecular flexibility index (Phi) is 6.06. The van der Waals surface area contributed by atoms with Gasteiger partial charge in [-0.1, -0.05) is 38.7 Å². The zero-order valence-electron chi connectivity index (χ0n) is 12.1. The lowest BCUT2D eigenvalue weighted by Crippen LogP contribution is -2.11. The van der Waals surface area contributed by atoms with Gasteiger partial charge in [-0.25, -0.2) is 0 Å². The van der Waals surface area contributed by atoms with Crippen LogP contribution < -0.4 is 9.47 Å². The molecule has 2 nitrogen and oxygen atoms in total. The largest absolute Gasteiger partial charge is 0.493 e. The van der Waals surface area contributed by atoms with Gasteiger partial charge in [0.2, 0.25) is 0 Å². The smallest absolute Gasteiger partial charge is 0.122 e. The van der Waals surface area contributed by atoms with Crippen molar-refractivity contribution in [2.24, 2.45) is 5.92 Å². The Hall–Kier alpha value is -1.18. The lowest BCUT2D eigenvalue weighted by molar-refractivity contribution is 0.232. The molecule has 106 valence electrons. The molecule has 1 aliphatic rings. The summed E-state index contributed by atoms with van der Waals surface area (Å²) in [6.07, 6.45) is 9.22. The normalized spacial score (nSPS) is 16.9. The maximum Gasteiger partial charge on any atom is 0.122 e. The second-order valence-corrected chi connectivity index (χ2v) is 5.49. The summed E-state index contributed by atoms with van der Waals surface area (Å²) in [6.45, 7) is 3.75. The number of hydrogen-bond donors (Lipinski definition) is 0. The second-order valence-electron chi connectivity index (χ2n) is 5.49. The third-order valence-corrected chi connectivity index (χ3v) is 3.74. The minimum absolute atomic E-state index is 0.739. The van der Waals surface area contributed by atoms with E-state index in [9.17, 15) is 0 Å². The molecule has 0 aromatic heterocycles. The lowest BCUT2D eigenvalue weighted by atomic mass is 10.0. The minimum Gasteiger partial charge on any atom is -0.493 e. The van der Waals surface area contributed by atoms with Gasteiger partial charge in [0.15, 0.2) is 0 Å². The van der Waals surface area contributed by atoms with E-state index in [1.807, 2.05) is 24.3 Å². The summed E-state index contributed by atoms with van der Waals surface area (Å²) >= 11 is 0. The van der Waals surface area contributed by atoms with Crippen LogP contribution in [0.3, 0.4) is 0 Å². The van der Waals surface area contributed by atoms with Gasteiger partial charge in [-0.2, -0.15) is 0 Å². The minimum atomic E-state index is 0.739. The molecule has 0 bridgehead atoms. The summed E-state index contributed by atoms with van der Waals surface area (Å²) in [5, 5.41) is 0. The molecule has 1 fully saturated rings. The Morgan fingerprint density at radius 3 is 2.37 bits per heavy atom. The number of rotatable bonds is 6. The molecule has 2 heteroatoms. The van der Waals surface area contributed by atoms with Crippen LogP contribution in [0.1, 0.15) is 51.9 Å². The maximum atomic E-state index is 5.94. The van der Waals surface area contributed by atoms with Crippen LogP contribution in [0.15, 0.2) is 24.3 Å². The van der Waals surface area contributed by atoms with Crippen LogP contribution in [-0.2, 0) is 0 Å². The molecule has 0 unspecified atom stereocenters. The number of benzene rings is 1. The molecular formula is C17H26O2. The van der Waals surface area contributed by atoms with Crippen molar-refractivity contribution in [2.45, 2.75) is 51.9 Å². The van der Waals surface area contributed by atoms with Gasteiger partial charge < -0.3 is 9.47 Å². The first-order valence-corrected chi connectivity index (χ1v) is 7.74. The van der Waals surface area contributed by atoms with Crippen LogP contribution in [0.25, 0.3) is 0 Å². The first kappa shape index (κ1) is 14.2. The number of ether oxygens (including phenoxy) is 2. The quantitative estimate of drug-likeness (QED) is 0.684. The molecule has 0 saturated heterocycles.